The predicted molar refractivity (Wildman–Crippen MR) is 260 cm³/mol. The average Bonchev–Trinajstić information content (AvgIpc) is 3.26. The molecule has 57 heavy (non-hydrogen) atoms. The molecule has 4 aromatic carbocycles. The fourth-order valence-electron chi connectivity index (χ4n) is 8.66. The first-order valence-corrected chi connectivity index (χ1v) is 25.4. The third-order valence-corrected chi connectivity index (χ3v) is 14.5. The number of Topliss-reactive ketones (excluding diaryl/α,β-unsaturated/α-hetero) is 1. The fourth-order valence-corrected chi connectivity index (χ4v) is 10.9. The molecule has 0 fully saturated rings. The Morgan fingerprint density at radius 2 is 0.684 bits per heavy atom. The number of unbranched alkanes of at least 4 members (excludes halogenated alkanes) is 19. The van der Waals surface area contributed by atoms with Crippen LogP contribution in [0.25, 0.3) is 0 Å². The van der Waals surface area contributed by atoms with Crippen molar-refractivity contribution >= 4 is 39.2 Å². The van der Waals surface area contributed by atoms with E-state index in [9.17, 15) is 4.79 Å². The van der Waals surface area contributed by atoms with Crippen molar-refractivity contribution in [2.45, 2.75) is 168 Å². The number of hydrogen-bond acceptors (Lipinski definition) is 1. The fraction of sp³-hybridized carbons (Fsp3) is 0.537. The summed E-state index contributed by atoms with van der Waals surface area (Å²) < 4.78 is 0. The average molecular weight is 789 g/mol. The second kappa shape index (κ2) is 31.9. The summed E-state index contributed by atoms with van der Waals surface area (Å²) in [5, 5.41) is 0. The summed E-state index contributed by atoms with van der Waals surface area (Å²) in [6.07, 6.45) is 30.5. The van der Waals surface area contributed by atoms with Crippen LogP contribution in [-0.4, -0.2) is 29.2 Å². The van der Waals surface area contributed by atoms with E-state index >= 15 is 0 Å². The Labute approximate surface area is 354 Å². The zero-order valence-corrected chi connectivity index (χ0v) is 37.6. The van der Waals surface area contributed by atoms with E-state index in [0.717, 1.165) is 11.3 Å². The molecule has 3 heteroatoms. The molecule has 0 amide bonds. The molecular weight excluding hydrogens is 707 g/mol. The van der Waals surface area contributed by atoms with Crippen molar-refractivity contribution in [3.63, 3.8) is 0 Å². The van der Waals surface area contributed by atoms with Gasteiger partial charge in [-0.05, 0) is 36.6 Å². The molecule has 1 nitrogen and oxygen atoms in total. The van der Waals surface area contributed by atoms with Gasteiger partial charge in [0.15, 0.2) is 5.75 Å². The lowest BCUT2D eigenvalue weighted by atomic mass is 9.14. The number of benzene rings is 4. The van der Waals surface area contributed by atoms with Gasteiger partial charge in [0.25, 0.3) is 0 Å². The Balaban J connectivity index is 0.000000326. The van der Waals surface area contributed by atoms with Gasteiger partial charge in [-0.25, -0.2) is 0 Å². The molecule has 0 aromatic heterocycles. The second-order valence-electron chi connectivity index (χ2n) is 16.7. The number of ketones is 1. The Morgan fingerprint density at radius 3 is 1.02 bits per heavy atom. The van der Waals surface area contributed by atoms with Crippen LogP contribution in [0.3, 0.4) is 0 Å². The van der Waals surface area contributed by atoms with Crippen LogP contribution in [-0.2, 0) is 10.9 Å². The van der Waals surface area contributed by atoms with Gasteiger partial charge in [0.2, 0.25) is 5.78 Å². The summed E-state index contributed by atoms with van der Waals surface area (Å²) in [6, 6.07) is 43.1. The summed E-state index contributed by atoms with van der Waals surface area (Å²) in [6.45, 7) is 6.86. The van der Waals surface area contributed by atoms with Gasteiger partial charge in [0, 0.05) is 5.56 Å². The minimum atomic E-state index is -0.913. The van der Waals surface area contributed by atoms with E-state index in [2.05, 4.69) is 112 Å². The molecule has 0 atom stereocenters. The lowest BCUT2D eigenvalue weighted by Crippen LogP contribution is -2.66. The van der Waals surface area contributed by atoms with Crippen molar-refractivity contribution in [1.29, 1.82) is 0 Å². The monoisotopic (exact) mass is 789 g/mol. The van der Waals surface area contributed by atoms with E-state index in [1.54, 1.807) is 0 Å². The smallest absolute Gasteiger partial charge is 0.211 e. The van der Waals surface area contributed by atoms with Crippen molar-refractivity contribution in [3.8, 4) is 0 Å². The van der Waals surface area contributed by atoms with Gasteiger partial charge in [-0.2, -0.15) is 22.7 Å². The molecule has 4 aromatic rings. The van der Waals surface area contributed by atoms with Gasteiger partial charge in [0.1, 0.15) is 11.5 Å². The topological polar surface area (TPSA) is 17.1 Å². The van der Waals surface area contributed by atoms with E-state index in [1.165, 1.54) is 175 Å². The minimum Gasteiger partial charge on any atom is -0.289 e. The third-order valence-electron chi connectivity index (χ3n) is 12.1. The summed E-state index contributed by atoms with van der Waals surface area (Å²) in [4.78, 5) is 12.8. The minimum absolute atomic E-state index is 0.270. The number of carbonyl (C=O) groups is 1. The van der Waals surface area contributed by atoms with Crippen LogP contribution >= 0.6 is 0 Å². The first-order valence-electron chi connectivity index (χ1n) is 23.7. The van der Waals surface area contributed by atoms with Crippen molar-refractivity contribution in [2.75, 3.05) is 17.3 Å². The highest BCUT2D eigenvalue weighted by atomic mass is 32.2. The lowest BCUT2D eigenvalue weighted by Gasteiger charge is -2.43. The largest absolute Gasteiger partial charge is 0.289 e. The Kier molecular flexibility index (Phi) is 27.0. The standard InChI is InChI=1S/C32H57OS.C22H24B/c1-3-5-7-9-11-13-15-17-19-24-28-34(30-32(33)31-26-22-21-23-27-31)29-25-20-18-16-14-12-10-8-6-4-2;1-2-3-19-23(20-13-7-4-8-14-20,21-15-9-5-10-16-21)22-17-11-6-12-18-22/h21-23,26-27H,3-20,24-25,28-30H2,1-2H3;4-18H,2-3,19H2,1H3/q+1;-1. The Morgan fingerprint density at radius 1 is 0.386 bits per heavy atom. The summed E-state index contributed by atoms with van der Waals surface area (Å²) in [7, 11) is 0.270. The normalized spacial score (nSPS) is 11.4. The zero-order valence-electron chi connectivity index (χ0n) is 36.8. The summed E-state index contributed by atoms with van der Waals surface area (Å²) in [5.74, 6) is 3.68. The second-order valence-corrected chi connectivity index (χ2v) is 19.1. The van der Waals surface area contributed by atoms with Crippen molar-refractivity contribution < 1.29 is 4.79 Å². The molecule has 0 bridgehead atoms. The van der Waals surface area contributed by atoms with Crippen LogP contribution in [0, 0.1) is 0 Å². The van der Waals surface area contributed by atoms with Crippen LogP contribution in [0.15, 0.2) is 121 Å². The zero-order chi connectivity index (χ0) is 40.5. The molecule has 0 aliphatic rings. The van der Waals surface area contributed by atoms with Gasteiger partial charge in [-0.15, -0.1) is 0 Å². The molecule has 0 aliphatic carbocycles. The van der Waals surface area contributed by atoms with Crippen molar-refractivity contribution in [2.24, 2.45) is 0 Å². The maximum absolute atomic E-state index is 12.8. The number of carbonyl (C=O) groups excluding carboxylic acids is 1. The molecule has 0 saturated heterocycles. The van der Waals surface area contributed by atoms with E-state index < -0.39 is 6.15 Å². The van der Waals surface area contributed by atoms with Crippen LogP contribution in [0.1, 0.15) is 172 Å². The van der Waals surface area contributed by atoms with Gasteiger partial charge in [-0.1, -0.05) is 258 Å². The quantitative estimate of drug-likeness (QED) is 0.0215. The molecular formula is C54H81BOS. The van der Waals surface area contributed by atoms with Gasteiger partial charge >= 0.3 is 0 Å². The molecule has 0 saturated carbocycles. The maximum Gasteiger partial charge on any atom is 0.211 e. The van der Waals surface area contributed by atoms with Crippen LogP contribution in [0.5, 0.6) is 0 Å². The van der Waals surface area contributed by atoms with E-state index in [4.69, 9.17) is 0 Å². The molecule has 0 N–H and O–H groups in total. The van der Waals surface area contributed by atoms with E-state index in [0.29, 0.717) is 5.78 Å². The Bertz CT molecular complexity index is 1370. The first-order chi connectivity index (χ1) is 28.2. The van der Waals surface area contributed by atoms with Gasteiger partial charge < -0.3 is 0 Å². The highest BCUT2D eigenvalue weighted by Gasteiger charge is 2.29. The van der Waals surface area contributed by atoms with Crippen molar-refractivity contribution in [1.82, 2.24) is 0 Å². The van der Waals surface area contributed by atoms with Crippen LogP contribution in [0.4, 0.5) is 0 Å². The van der Waals surface area contributed by atoms with Gasteiger partial charge in [0.05, 0.1) is 6.15 Å². The first kappa shape index (κ1) is 48.3. The molecule has 0 radical (unpaired) electrons. The summed E-state index contributed by atoms with van der Waals surface area (Å²) in [5.41, 5.74) is 5.24. The van der Waals surface area contributed by atoms with Crippen molar-refractivity contribution in [3.05, 3.63) is 127 Å². The highest BCUT2D eigenvalue weighted by Crippen LogP contribution is 2.18. The molecule has 0 unspecified atom stereocenters. The molecule has 4 rings (SSSR count). The predicted octanol–water partition coefficient (Wildman–Crippen LogP) is 14.3. The van der Waals surface area contributed by atoms with Crippen LogP contribution in [0.2, 0.25) is 6.32 Å². The van der Waals surface area contributed by atoms with Crippen LogP contribution < -0.4 is 16.4 Å². The van der Waals surface area contributed by atoms with Gasteiger partial charge in [-0.3, -0.25) is 4.79 Å². The molecule has 0 heterocycles. The lowest BCUT2D eigenvalue weighted by molar-refractivity contribution is 0.102. The van der Waals surface area contributed by atoms with E-state index in [1.807, 2.05) is 30.3 Å². The molecule has 0 spiro atoms. The SMILES string of the molecule is CCCCCCCCCCCC[S+](CCCCCCCCCCCC)CC(=O)c1ccccc1.CCCC[B-](c1ccccc1)(c1ccccc1)c1ccccc1. The highest BCUT2D eigenvalue weighted by molar-refractivity contribution is 7.97. The third kappa shape index (κ3) is 19.5. The molecule has 0 aliphatic heterocycles. The Hall–Kier alpha value is -3.04. The summed E-state index contributed by atoms with van der Waals surface area (Å²) >= 11 is 0. The maximum atomic E-state index is 12.8. The number of rotatable bonds is 31. The van der Waals surface area contributed by atoms with E-state index in [-0.39, 0.29) is 10.9 Å². The number of hydrogen-bond donors (Lipinski definition) is 0. The molecule has 312 valence electrons.